The Kier molecular flexibility index (Phi) is 7.55. The Morgan fingerprint density at radius 2 is 1.88 bits per heavy atom. The number of rotatable bonds is 6. The van der Waals surface area contributed by atoms with Crippen molar-refractivity contribution in [1.82, 2.24) is 19.7 Å². The number of nitrogens with zero attached hydrogens (tertiary/aromatic N) is 4. The van der Waals surface area contributed by atoms with E-state index in [0.29, 0.717) is 4.60 Å². The zero-order chi connectivity index (χ0) is 23.6. The fourth-order valence-corrected chi connectivity index (χ4v) is 3.98. The second-order valence-corrected chi connectivity index (χ2v) is 8.76. The lowest BCUT2D eigenvalue weighted by Crippen LogP contribution is -2.32. The van der Waals surface area contributed by atoms with Crippen LogP contribution in [0.4, 0.5) is 5.69 Å². The van der Waals surface area contributed by atoms with E-state index in [2.05, 4.69) is 31.3 Å². The maximum atomic E-state index is 13.2. The summed E-state index contributed by atoms with van der Waals surface area (Å²) >= 11 is 21.8. The molecule has 0 fully saturated rings. The van der Waals surface area contributed by atoms with E-state index >= 15 is 0 Å². The second kappa shape index (κ2) is 9.99. The largest absolute Gasteiger partial charge is 0.334 e. The first-order valence-corrected chi connectivity index (χ1v) is 10.9. The van der Waals surface area contributed by atoms with Crippen molar-refractivity contribution in [3.05, 3.63) is 67.5 Å². The highest BCUT2D eigenvalue weighted by Crippen LogP contribution is 2.32. The number of likely N-dealkylation sites (N-methyl/N-ethyl adjacent to an activating group) is 1. The molecule has 0 saturated carbocycles. The first-order chi connectivity index (χ1) is 15.1. The SMILES string of the molecule is CC(=O)CN(C)C(=O)c1cc(Cl)cc(Cl)c1NC(=O)c1cc(Br)nn1-c1ncccc1Cl. The van der Waals surface area contributed by atoms with Gasteiger partial charge in [0, 0.05) is 24.3 Å². The second-order valence-electron chi connectivity index (χ2n) is 6.70. The molecule has 12 heteroatoms. The molecular formula is C20H15BrCl3N5O3. The van der Waals surface area contributed by atoms with Gasteiger partial charge in [-0.15, -0.1) is 0 Å². The summed E-state index contributed by atoms with van der Waals surface area (Å²) in [6, 6.07) is 7.48. The van der Waals surface area contributed by atoms with E-state index in [0.717, 1.165) is 0 Å². The molecule has 0 atom stereocenters. The van der Waals surface area contributed by atoms with Crippen LogP contribution in [0.3, 0.4) is 0 Å². The summed E-state index contributed by atoms with van der Waals surface area (Å²) in [5, 5.41) is 7.38. The molecule has 2 amide bonds. The summed E-state index contributed by atoms with van der Waals surface area (Å²) in [6.07, 6.45) is 1.51. The summed E-state index contributed by atoms with van der Waals surface area (Å²) in [4.78, 5) is 42.9. The number of aromatic nitrogens is 3. The van der Waals surface area contributed by atoms with Gasteiger partial charge < -0.3 is 10.2 Å². The minimum absolute atomic E-state index is 0.0283. The zero-order valence-corrected chi connectivity index (χ0v) is 20.6. The van der Waals surface area contributed by atoms with Gasteiger partial charge in [0.2, 0.25) is 0 Å². The molecule has 32 heavy (non-hydrogen) atoms. The third-order valence-corrected chi connectivity index (χ3v) is 5.38. The Morgan fingerprint density at radius 1 is 1.16 bits per heavy atom. The maximum absolute atomic E-state index is 13.2. The van der Waals surface area contributed by atoms with Crippen LogP contribution < -0.4 is 5.32 Å². The Balaban J connectivity index is 2.02. The molecule has 0 aliphatic heterocycles. The van der Waals surface area contributed by atoms with Gasteiger partial charge in [-0.2, -0.15) is 5.10 Å². The van der Waals surface area contributed by atoms with Gasteiger partial charge >= 0.3 is 0 Å². The number of nitrogens with one attached hydrogen (secondary N) is 1. The number of pyridine rings is 1. The van der Waals surface area contributed by atoms with Gasteiger partial charge in [0.1, 0.15) is 16.1 Å². The summed E-state index contributed by atoms with van der Waals surface area (Å²) in [5.41, 5.74) is 0.150. The third kappa shape index (κ3) is 5.29. The van der Waals surface area contributed by atoms with Gasteiger partial charge in [0.05, 0.1) is 27.8 Å². The maximum Gasteiger partial charge on any atom is 0.274 e. The number of halogens is 4. The van der Waals surface area contributed by atoms with Crippen LogP contribution in [0.2, 0.25) is 15.1 Å². The van der Waals surface area contributed by atoms with Gasteiger partial charge in [-0.25, -0.2) is 9.67 Å². The van der Waals surface area contributed by atoms with Crippen molar-refractivity contribution in [2.75, 3.05) is 18.9 Å². The number of Topliss-reactive ketones (excluding diaryl/α,β-unsaturated/α-hetero) is 1. The van der Waals surface area contributed by atoms with Crippen molar-refractivity contribution in [2.45, 2.75) is 6.92 Å². The van der Waals surface area contributed by atoms with Gasteiger partial charge in [-0.05, 0) is 47.1 Å². The molecule has 0 radical (unpaired) electrons. The predicted octanol–water partition coefficient (Wildman–Crippen LogP) is 4.90. The number of anilines is 1. The number of amides is 2. The Bertz CT molecular complexity index is 1230. The number of benzene rings is 1. The third-order valence-electron chi connectivity index (χ3n) is 4.18. The average molecular weight is 560 g/mol. The van der Waals surface area contributed by atoms with Crippen LogP contribution in [0.5, 0.6) is 0 Å². The fraction of sp³-hybridized carbons (Fsp3) is 0.150. The Morgan fingerprint density at radius 3 is 2.53 bits per heavy atom. The number of carbonyl (C=O) groups excluding carboxylic acids is 3. The minimum atomic E-state index is -0.627. The Hall–Kier alpha value is -2.46. The van der Waals surface area contributed by atoms with E-state index < -0.39 is 11.8 Å². The molecule has 0 aliphatic rings. The molecule has 8 nitrogen and oxygen atoms in total. The minimum Gasteiger partial charge on any atom is -0.334 e. The smallest absolute Gasteiger partial charge is 0.274 e. The molecule has 3 aromatic rings. The molecule has 1 aromatic carbocycles. The van der Waals surface area contributed by atoms with Crippen LogP contribution in [-0.2, 0) is 4.79 Å². The summed E-state index contributed by atoms with van der Waals surface area (Å²) in [6.45, 7) is 1.24. The lowest BCUT2D eigenvalue weighted by Gasteiger charge is -2.19. The summed E-state index contributed by atoms with van der Waals surface area (Å²) in [7, 11) is 1.46. The number of hydrogen-bond acceptors (Lipinski definition) is 5. The van der Waals surface area contributed by atoms with Crippen molar-refractivity contribution >= 4 is 74.0 Å². The van der Waals surface area contributed by atoms with Crippen LogP contribution >= 0.6 is 50.7 Å². The molecule has 3 rings (SSSR count). The molecule has 1 N–H and O–H groups in total. The zero-order valence-electron chi connectivity index (χ0n) is 16.7. The normalized spacial score (nSPS) is 10.7. The van der Waals surface area contributed by atoms with Gasteiger partial charge in [0.15, 0.2) is 5.82 Å². The van der Waals surface area contributed by atoms with E-state index in [9.17, 15) is 14.4 Å². The topological polar surface area (TPSA) is 97.2 Å². The van der Waals surface area contributed by atoms with Crippen molar-refractivity contribution in [3.63, 3.8) is 0 Å². The number of hydrogen-bond donors (Lipinski definition) is 1. The first kappa shape index (κ1) is 24.2. The van der Waals surface area contributed by atoms with Crippen LogP contribution in [0.25, 0.3) is 5.82 Å². The first-order valence-electron chi connectivity index (χ1n) is 9.00. The van der Waals surface area contributed by atoms with Gasteiger partial charge in [0.25, 0.3) is 11.8 Å². The molecular weight excluding hydrogens is 545 g/mol. The van der Waals surface area contributed by atoms with Gasteiger partial charge in [-0.3, -0.25) is 14.4 Å². The number of carbonyl (C=O) groups is 3. The van der Waals surface area contributed by atoms with Crippen molar-refractivity contribution in [2.24, 2.45) is 0 Å². The summed E-state index contributed by atoms with van der Waals surface area (Å²) in [5.74, 6) is -1.13. The lowest BCUT2D eigenvalue weighted by atomic mass is 10.1. The molecule has 0 saturated heterocycles. The highest BCUT2D eigenvalue weighted by atomic mass is 79.9. The van der Waals surface area contributed by atoms with E-state index in [1.54, 1.807) is 12.1 Å². The van der Waals surface area contributed by atoms with E-state index in [-0.39, 0.29) is 50.2 Å². The highest BCUT2D eigenvalue weighted by Gasteiger charge is 2.24. The Labute approximate surface area is 206 Å². The molecule has 0 aliphatic carbocycles. The number of ketones is 1. The predicted molar refractivity (Wildman–Crippen MR) is 126 cm³/mol. The summed E-state index contributed by atoms with van der Waals surface area (Å²) < 4.78 is 1.62. The van der Waals surface area contributed by atoms with Crippen molar-refractivity contribution in [1.29, 1.82) is 0 Å². The van der Waals surface area contributed by atoms with Crippen LogP contribution in [0, 0.1) is 0 Å². The van der Waals surface area contributed by atoms with Gasteiger partial charge in [-0.1, -0.05) is 34.8 Å². The van der Waals surface area contributed by atoms with E-state index in [1.807, 2.05) is 0 Å². The van der Waals surface area contributed by atoms with Crippen LogP contribution in [0.15, 0.2) is 41.1 Å². The van der Waals surface area contributed by atoms with Crippen LogP contribution in [0.1, 0.15) is 27.8 Å². The van der Waals surface area contributed by atoms with E-state index in [1.165, 1.54) is 47.9 Å². The molecule has 166 valence electrons. The van der Waals surface area contributed by atoms with Crippen LogP contribution in [-0.4, -0.2) is 50.9 Å². The molecule has 0 unspecified atom stereocenters. The average Bonchev–Trinajstić information content (AvgIpc) is 3.10. The standard InChI is InChI=1S/C20H15BrCl3N5O3/c1-10(30)9-28(2)20(32)12-6-11(22)7-14(24)17(12)26-19(31)15-8-16(21)27-29(15)18-13(23)4-3-5-25-18/h3-8H,9H2,1-2H3,(H,26,31). The molecule has 2 aromatic heterocycles. The van der Waals surface area contributed by atoms with E-state index in [4.69, 9.17) is 34.8 Å². The fourth-order valence-electron chi connectivity index (χ4n) is 2.87. The van der Waals surface area contributed by atoms with Crippen molar-refractivity contribution < 1.29 is 14.4 Å². The molecule has 0 bridgehead atoms. The monoisotopic (exact) mass is 557 g/mol. The van der Waals surface area contributed by atoms with Crippen molar-refractivity contribution in [3.8, 4) is 5.82 Å². The molecule has 0 spiro atoms. The highest BCUT2D eigenvalue weighted by molar-refractivity contribution is 9.10. The molecule has 2 heterocycles. The quantitative estimate of drug-likeness (QED) is 0.463. The lowest BCUT2D eigenvalue weighted by molar-refractivity contribution is -0.117.